The van der Waals surface area contributed by atoms with Gasteiger partial charge < -0.3 is 0 Å². The van der Waals surface area contributed by atoms with E-state index in [2.05, 4.69) is 44.2 Å². The second kappa shape index (κ2) is 7.31. The SMILES string of the molecule is Fc1ccc(-c2cc3cc4sc(-c5ccc(F)c6nccnc56)cc4cc3s2)c2nccnc12. The highest BCUT2D eigenvalue weighted by Crippen LogP contribution is 2.42. The smallest absolute Gasteiger partial charge is 0.151 e. The van der Waals surface area contributed by atoms with Gasteiger partial charge in [-0.2, -0.15) is 0 Å². The monoisotopic (exact) mass is 482 g/mol. The standard InChI is InChI=1S/C26H12F2N4S2/c27-17-3-1-15(23-25(17)31-7-5-29-23)21-11-13-9-20-14(10-19(13)33-21)12-22(34-20)16-2-4-18(28)26-24(16)30-6-8-32-26/h1-12H. The zero-order chi connectivity index (χ0) is 22.8. The van der Waals surface area contributed by atoms with Crippen molar-refractivity contribution in [3.8, 4) is 20.9 Å². The van der Waals surface area contributed by atoms with Crippen molar-refractivity contribution in [3.63, 3.8) is 0 Å². The van der Waals surface area contributed by atoms with Crippen LogP contribution < -0.4 is 0 Å². The van der Waals surface area contributed by atoms with Crippen LogP contribution in [0.1, 0.15) is 0 Å². The lowest BCUT2D eigenvalue weighted by atomic mass is 10.1. The van der Waals surface area contributed by atoms with Gasteiger partial charge in [-0.1, -0.05) is 0 Å². The van der Waals surface area contributed by atoms with E-state index in [4.69, 9.17) is 0 Å². The topological polar surface area (TPSA) is 51.6 Å². The van der Waals surface area contributed by atoms with Crippen molar-refractivity contribution < 1.29 is 8.78 Å². The fourth-order valence-corrected chi connectivity index (χ4v) is 6.52. The molecular weight excluding hydrogens is 470 g/mol. The molecule has 34 heavy (non-hydrogen) atoms. The molecule has 0 radical (unpaired) electrons. The van der Waals surface area contributed by atoms with Gasteiger partial charge in [0.1, 0.15) is 22.1 Å². The Hall–Kier alpha value is -3.88. The average Bonchev–Trinajstić information content (AvgIpc) is 3.46. The highest BCUT2D eigenvalue weighted by molar-refractivity contribution is 7.24. The quantitative estimate of drug-likeness (QED) is 0.254. The molecule has 0 saturated carbocycles. The summed E-state index contributed by atoms with van der Waals surface area (Å²) >= 11 is 3.28. The Morgan fingerprint density at radius 1 is 0.500 bits per heavy atom. The number of hydrogen-bond acceptors (Lipinski definition) is 6. The largest absolute Gasteiger partial charge is 0.252 e. The van der Waals surface area contributed by atoms with Gasteiger partial charge in [0.25, 0.3) is 0 Å². The van der Waals surface area contributed by atoms with Gasteiger partial charge in [0.15, 0.2) is 11.6 Å². The molecule has 0 aliphatic carbocycles. The minimum Gasteiger partial charge on any atom is -0.252 e. The number of rotatable bonds is 2. The summed E-state index contributed by atoms with van der Waals surface area (Å²) in [6.07, 6.45) is 6.17. The van der Waals surface area contributed by atoms with Crippen LogP contribution in [0.5, 0.6) is 0 Å². The molecule has 0 bridgehead atoms. The maximum absolute atomic E-state index is 14.2. The first-order valence-corrected chi connectivity index (χ1v) is 12.1. The molecule has 0 saturated heterocycles. The Morgan fingerprint density at radius 3 is 1.35 bits per heavy atom. The Balaban J connectivity index is 1.38. The fourth-order valence-electron chi connectivity index (χ4n) is 4.28. The van der Waals surface area contributed by atoms with Crippen molar-refractivity contribution in [2.75, 3.05) is 0 Å². The highest BCUT2D eigenvalue weighted by Gasteiger charge is 2.16. The Kier molecular flexibility index (Phi) is 4.21. The lowest BCUT2D eigenvalue weighted by Gasteiger charge is -2.03. The summed E-state index contributed by atoms with van der Waals surface area (Å²) in [6.45, 7) is 0. The molecular formula is C26H12F2N4S2. The van der Waals surface area contributed by atoms with Crippen LogP contribution in [0.2, 0.25) is 0 Å². The number of halogens is 2. The van der Waals surface area contributed by atoms with E-state index in [1.54, 1.807) is 47.2 Å². The zero-order valence-corrected chi connectivity index (χ0v) is 18.9. The first kappa shape index (κ1) is 19.6. The molecule has 0 aliphatic heterocycles. The molecule has 0 aliphatic rings. The number of hydrogen-bond donors (Lipinski definition) is 0. The lowest BCUT2D eigenvalue weighted by Crippen LogP contribution is -1.89. The van der Waals surface area contributed by atoms with E-state index in [1.807, 2.05) is 0 Å². The van der Waals surface area contributed by atoms with E-state index in [0.29, 0.717) is 11.0 Å². The number of fused-ring (bicyclic) bond motifs is 4. The molecule has 162 valence electrons. The number of nitrogens with zero attached hydrogens (tertiary/aromatic N) is 4. The van der Waals surface area contributed by atoms with Gasteiger partial charge in [-0.15, -0.1) is 22.7 Å². The normalized spacial score (nSPS) is 11.8. The molecule has 0 fully saturated rings. The molecule has 0 spiro atoms. The van der Waals surface area contributed by atoms with Crippen molar-refractivity contribution in [3.05, 3.63) is 85.0 Å². The highest BCUT2D eigenvalue weighted by atomic mass is 32.1. The molecule has 0 unspecified atom stereocenters. The summed E-state index contributed by atoms with van der Waals surface area (Å²) < 4.78 is 30.7. The van der Waals surface area contributed by atoms with Crippen molar-refractivity contribution in [1.82, 2.24) is 19.9 Å². The Bertz CT molecular complexity index is 1720. The third kappa shape index (κ3) is 2.92. The number of benzene rings is 3. The van der Waals surface area contributed by atoms with E-state index < -0.39 is 0 Å². The van der Waals surface area contributed by atoms with Crippen LogP contribution in [0, 0.1) is 11.6 Å². The average molecular weight is 483 g/mol. The predicted molar refractivity (Wildman–Crippen MR) is 134 cm³/mol. The molecule has 8 heteroatoms. The summed E-state index contributed by atoms with van der Waals surface area (Å²) in [4.78, 5) is 19.1. The van der Waals surface area contributed by atoms with Crippen LogP contribution in [-0.2, 0) is 0 Å². The minimum absolute atomic E-state index is 0.276. The molecule has 7 rings (SSSR count). The molecule has 4 aromatic heterocycles. The van der Waals surface area contributed by atoms with Crippen molar-refractivity contribution in [2.45, 2.75) is 0 Å². The fraction of sp³-hybridized carbons (Fsp3) is 0. The van der Waals surface area contributed by atoms with Crippen LogP contribution in [0.4, 0.5) is 8.78 Å². The molecule has 4 heterocycles. The second-order valence-corrected chi connectivity index (χ2v) is 10.0. The maximum Gasteiger partial charge on any atom is 0.151 e. The molecule has 7 aromatic rings. The van der Waals surface area contributed by atoms with Gasteiger partial charge >= 0.3 is 0 Å². The van der Waals surface area contributed by atoms with Crippen LogP contribution in [0.15, 0.2) is 73.3 Å². The predicted octanol–water partition coefficient (Wildman–Crippen LogP) is 7.61. The van der Waals surface area contributed by atoms with Crippen LogP contribution in [0.25, 0.3) is 63.1 Å². The van der Waals surface area contributed by atoms with Crippen LogP contribution >= 0.6 is 22.7 Å². The lowest BCUT2D eigenvalue weighted by molar-refractivity contribution is 0.636. The van der Waals surface area contributed by atoms with Crippen LogP contribution in [0.3, 0.4) is 0 Å². The van der Waals surface area contributed by atoms with E-state index in [9.17, 15) is 8.78 Å². The zero-order valence-electron chi connectivity index (χ0n) is 17.3. The van der Waals surface area contributed by atoms with Crippen LogP contribution in [-0.4, -0.2) is 19.9 Å². The van der Waals surface area contributed by atoms with Crippen molar-refractivity contribution in [1.29, 1.82) is 0 Å². The first-order valence-electron chi connectivity index (χ1n) is 10.4. The summed E-state index contributed by atoms with van der Waals surface area (Å²) in [6, 6.07) is 14.9. The second-order valence-electron chi connectivity index (χ2n) is 7.85. The van der Waals surface area contributed by atoms with Gasteiger partial charge in [0.05, 0.1) is 0 Å². The third-order valence-electron chi connectivity index (χ3n) is 5.84. The summed E-state index contributed by atoms with van der Waals surface area (Å²) in [5, 5.41) is 2.21. The van der Waals surface area contributed by atoms with E-state index in [1.165, 1.54) is 24.5 Å². The Labute approximate surface area is 199 Å². The minimum atomic E-state index is -0.376. The number of aromatic nitrogens is 4. The van der Waals surface area contributed by atoms with Crippen molar-refractivity contribution in [2.24, 2.45) is 0 Å². The van der Waals surface area contributed by atoms with Gasteiger partial charge in [-0.25, -0.2) is 18.7 Å². The van der Waals surface area contributed by atoms with Crippen molar-refractivity contribution >= 4 is 64.9 Å². The first-order chi connectivity index (χ1) is 16.7. The van der Waals surface area contributed by atoms with Gasteiger partial charge in [-0.3, -0.25) is 9.97 Å². The molecule has 4 nitrogen and oxygen atoms in total. The van der Waals surface area contributed by atoms with E-state index in [-0.39, 0.29) is 22.7 Å². The molecule has 0 N–H and O–H groups in total. The summed E-state index contributed by atoms with van der Waals surface area (Å²) in [5.74, 6) is -0.752. The molecule has 0 atom stereocenters. The summed E-state index contributed by atoms with van der Waals surface area (Å²) in [7, 11) is 0. The molecule has 3 aromatic carbocycles. The maximum atomic E-state index is 14.2. The molecule has 0 amide bonds. The van der Waals surface area contributed by atoms with Gasteiger partial charge in [0.2, 0.25) is 0 Å². The van der Waals surface area contributed by atoms with E-state index >= 15 is 0 Å². The third-order valence-corrected chi connectivity index (χ3v) is 8.10. The van der Waals surface area contributed by atoms with E-state index in [0.717, 1.165) is 41.1 Å². The van der Waals surface area contributed by atoms with Gasteiger partial charge in [-0.05, 0) is 59.3 Å². The number of thiophene rings is 2. The Morgan fingerprint density at radius 2 is 0.912 bits per heavy atom. The summed E-state index contributed by atoms with van der Waals surface area (Å²) in [5.41, 5.74) is 3.40. The van der Waals surface area contributed by atoms with Gasteiger partial charge in [0, 0.05) is 55.1 Å².